The van der Waals surface area contributed by atoms with Gasteiger partial charge < -0.3 is 14.6 Å². The average molecular weight is 284 g/mol. The topological polar surface area (TPSA) is 62.6 Å². The molecule has 1 unspecified atom stereocenters. The number of benzene rings is 1. The van der Waals surface area contributed by atoms with Gasteiger partial charge in [-0.25, -0.2) is 0 Å². The molecular weight excluding hydrogens is 268 g/mol. The van der Waals surface area contributed by atoms with Gasteiger partial charge in [-0.05, 0) is 23.3 Å². The minimum Gasteiger partial charge on any atom is -0.467 e. The van der Waals surface area contributed by atoms with Gasteiger partial charge in [0.15, 0.2) is 0 Å². The highest BCUT2D eigenvalue weighted by Gasteiger charge is 2.34. The van der Waals surface area contributed by atoms with E-state index in [1.807, 2.05) is 24.3 Å². The Labute approximate surface area is 122 Å². The van der Waals surface area contributed by atoms with Crippen molar-refractivity contribution in [1.82, 2.24) is 10.2 Å². The molecule has 1 aromatic heterocycles. The zero-order valence-corrected chi connectivity index (χ0v) is 11.7. The predicted octanol–water partition coefficient (Wildman–Crippen LogP) is 1.65. The molecule has 5 nitrogen and oxygen atoms in total. The maximum absolute atomic E-state index is 12.5. The molecule has 0 saturated carbocycles. The summed E-state index contributed by atoms with van der Waals surface area (Å²) in [4.78, 5) is 26.0. The second-order valence-corrected chi connectivity index (χ2v) is 5.08. The number of carbonyl (C=O) groups excluding carboxylic acids is 2. The lowest BCUT2D eigenvalue weighted by Crippen LogP contribution is -2.45. The average Bonchev–Trinajstić information content (AvgIpc) is 2.99. The summed E-state index contributed by atoms with van der Waals surface area (Å²) in [6, 6.07) is 10.5. The summed E-state index contributed by atoms with van der Waals surface area (Å²) in [6.45, 7) is 0.312. The molecule has 1 N–H and O–H groups in total. The highest BCUT2D eigenvalue weighted by atomic mass is 16.3. The van der Waals surface area contributed by atoms with E-state index in [4.69, 9.17) is 4.42 Å². The number of carbonyl (C=O) groups is 2. The maximum atomic E-state index is 12.5. The fourth-order valence-electron chi connectivity index (χ4n) is 2.60. The molecular formula is C16H16N2O3. The molecule has 108 valence electrons. The first-order chi connectivity index (χ1) is 10.2. The summed E-state index contributed by atoms with van der Waals surface area (Å²) in [5, 5.41) is 2.82. The predicted molar refractivity (Wildman–Crippen MR) is 76.2 cm³/mol. The van der Waals surface area contributed by atoms with Crippen molar-refractivity contribution in [3.63, 3.8) is 0 Å². The van der Waals surface area contributed by atoms with Gasteiger partial charge in [-0.3, -0.25) is 9.59 Å². The summed E-state index contributed by atoms with van der Waals surface area (Å²) in [6.07, 6.45) is 1.90. The molecule has 1 aliphatic heterocycles. The van der Waals surface area contributed by atoms with E-state index in [-0.39, 0.29) is 11.8 Å². The van der Waals surface area contributed by atoms with E-state index in [2.05, 4.69) is 5.32 Å². The third-order valence-corrected chi connectivity index (χ3v) is 3.74. The number of likely N-dealkylation sites (N-methyl/N-ethyl adjacent to an activating group) is 1. The minimum atomic E-state index is -0.586. The van der Waals surface area contributed by atoms with Crippen molar-refractivity contribution < 1.29 is 14.0 Å². The molecule has 1 aliphatic rings. The number of amides is 2. The Morgan fingerprint density at radius 1 is 1.33 bits per heavy atom. The van der Waals surface area contributed by atoms with E-state index in [0.717, 1.165) is 11.1 Å². The van der Waals surface area contributed by atoms with E-state index in [9.17, 15) is 9.59 Å². The fraction of sp³-hybridized carbons (Fsp3) is 0.250. The van der Waals surface area contributed by atoms with Crippen molar-refractivity contribution in [3.05, 3.63) is 59.5 Å². The Kier molecular flexibility index (Phi) is 3.48. The van der Waals surface area contributed by atoms with Gasteiger partial charge in [-0.2, -0.15) is 0 Å². The van der Waals surface area contributed by atoms with Gasteiger partial charge in [-0.15, -0.1) is 0 Å². The van der Waals surface area contributed by atoms with Gasteiger partial charge in [0.2, 0.25) is 11.8 Å². The van der Waals surface area contributed by atoms with Crippen molar-refractivity contribution in [3.8, 4) is 0 Å². The Hall–Kier alpha value is -2.56. The maximum Gasteiger partial charge on any atom is 0.247 e. The molecule has 0 fully saturated rings. The van der Waals surface area contributed by atoms with Crippen molar-refractivity contribution >= 4 is 11.8 Å². The summed E-state index contributed by atoms with van der Waals surface area (Å²) in [5.74, 6) is 0.433. The lowest BCUT2D eigenvalue weighted by Gasteiger charge is -2.33. The molecule has 0 aliphatic carbocycles. The van der Waals surface area contributed by atoms with Crippen LogP contribution >= 0.6 is 0 Å². The monoisotopic (exact) mass is 284 g/mol. The van der Waals surface area contributed by atoms with Crippen LogP contribution in [0.2, 0.25) is 0 Å². The van der Waals surface area contributed by atoms with Gasteiger partial charge in [0.25, 0.3) is 0 Å². The molecule has 1 aromatic carbocycles. The normalized spacial score (nSPS) is 17.5. The number of hydrogen-bond acceptors (Lipinski definition) is 3. The fourth-order valence-corrected chi connectivity index (χ4v) is 2.60. The van der Waals surface area contributed by atoms with Crippen molar-refractivity contribution in [2.75, 3.05) is 7.05 Å². The second-order valence-electron chi connectivity index (χ2n) is 5.08. The molecule has 0 radical (unpaired) electrons. The van der Waals surface area contributed by atoms with Gasteiger partial charge in [0, 0.05) is 7.05 Å². The minimum absolute atomic E-state index is 0.0492. The van der Waals surface area contributed by atoms with Crippen LogP contribution in [0.4, 0.5) is 0 Å². The number of fused-ring (bicyclic) bond motifs is 1. The van der Waals surface area contributed by atoms with E-state index in [0.29, 0.717) is 18.7 Å². The Bertz CT molecular complexity index is 664. The largest absolute Gasteiger partial charge is 0.467 e. The van der Waals surface area contributed by atoms with Gasteiger partial charge in [0.05, 0.1) is 19.2 Å². The second kappa shape index (κ2) is 5.44. The first-order valence-corrected chi connectivity index (χ1v) is 6.80. The van der Waals surface area contributed by atoms with E-state index >= 15 is 0 Å². The number of rotatable bonds is 3. The summed E-state index contributed by atoms with van der Waals surface area (Å²) in [5.41, 5.74) is 1.80. The van der Waals surface area contributed by atoms with Crippen LogP contribution in [-0.2, 0) is 22.6 Å². The Morgan fingerprint density at radius 2 is 2.14 bits per heavy atom. The number of nitrogens with zero attached hydrogens (tertiary/aromatic N) is 1. The number of nitrogens with one attached hydrogen (secondary N) is 1. The van der Waals surface area contributed by atoms with Gasteiger partial charge in [0.1, 0.15) is 11.8 Å². The highest BCUT2D eigenvalue weighted by molar-refractivity contribution is 5.92. The third kappa shape index (κ3) is 2.54. The molecule has 2 aromatic rings. The SMILES string of the molecule is CN1C(=O)Cc2ccccc2C1C(=O)NCc1ccco1. The first kappa shape index (κ1) is 13.4. The zero-order valence-electron chi connectivity index (χ0n) is 11.7. The van der Waals surface area contributed by atoms with Crippen LogP contribution in [-0.4, -0.2) is 23.8 Å². The molecule has 0 saturated heterocycles. The first-order valence-electron chi connectivity index (χ1n) is 6.80. The van der Waals surface area contributed by atoms with Crippen LogP contribution in [0.1, 0.15) is 22.9 Å². The van der Waals surface area contributed by atoms with Crippen LogP contribution in [0.3, 0.4) is 0 Å². The number of hydrogen-bond donors (Lipinski definition) is 1. The van der Waals surface area contributed by atoms with Crippen molar-refractivity contribution in [2.45, 2.75) is 19.0 Å². The Morgan fingerprint density at radius 3 is 2.90 bits per heavy atom. The number of furan rings is 1. The standard InChI is InChI=1S/C16H16N2O3/c1-18-14(19)9-11-5-2-3-7-13(11)15(18)16(20)17-10-12-6-4-8-21-12/h2-8,15H,9-10H2,1H3,(H,17,20). The molecule has 1 atom stereocenters. The van der Waals surface area contributed by atoms with Crippen LogP contribution in [0, 0.1) is 0 Å². The van der Waals surface area contributed by atoms with Crippen LogP contribution in [0.5, 0.6) is 0 Å². The molecule has 2 heterocycles. The summed E-state index contributed by atoms with van der Waals surface area (Å²) < 4.78 is 5.19. The van der Waals surface area contributed by atoms with Gasteiger partial charge >= 0.3 is 0 Å². The van der Waals surface area contributed by atoms with E-state index in [1.54, 1.807) is 25.4 Å². The molecule has 0 spiro atoms. The zero-order chi connectivity index (χ0) is 14.8. The Balaban J connectivity index is 1.82. The molecule has 3 rings (SSSR count). The molecule has 0 bridgehead atoms. The van der Waals surface area contributed by atoms with E-state index < -0.39 is 6.04 Å². The quantitative estimate of drug-likeness (QED) is 0.932. The van der Waals surface area contributed by atoms with Crippen molar-refractivity contribution in [1.29, 1.82) is 0 Å². The molecule has 5 heteroatoms. The van der Waals surface area contributed by atoms with Gasteiger partial charge in [-0.1, -0.05) is 24.3 Å². The van der Waals surface area contributed by atoms with Crippen LogP contribution in [0.15, 0.2) is 47.1 Å². The lowest BCUT2D eigenvalue weighted by molar-refractivity contribution is -0.140. The molecule has 21 heavy (non-hydrogen) atoms. The highest BCUT2D eigenvalue weighted by Crippen LogP contribution is 2.29. The summed E-state index contributed by atoms with van der Waals surface area (Å²) in [7, 11) is 1.66. The van der Waals surface area contributed by atoms with E-state index in [1.165, 1.54) is 4.90 Å². The smallest absolute Gasteiger partial charge is 0.247 e. The van der Waals surface area contributed by atoms with Crippen LogP contribution in [0.25, 0.3) is 0 Å². The lowest BCUT2D eigenvalue weighted by atomic mass is 9.92. The van der Waals surface area contributed by atoms with Crippen LogP contribution < -0.4 is 5.32 Å². The van der Waals surface area contributed by atoms with Crippen molar-refractivity contribution in [2.24, 2.45) is 0 Å². The summed E-state index contributed by atoms with van der Waals surface area (Å²) >= 11 is 0. The molecule has 2 amide bonds. The third-order valence-electron chi connectivity index (χ3n) is 3.74.